The Balaban J connectivity index is 1.74. The largest absolute Gasteiger partial charge is 0.497 e. The first-order chi connectivity index (χ1) is 12.2. The Kier molecular flexibility index (Phi) is 5.03. The molecule has 0 saturated heterocycles. The van der Waals surface area contributed by atoms with Crippen LogP contribution in [0.25, 0.3) is 11.4 Å². The Morgan fingerprint density at radius 2 is 1.56 bits per heavy atom. The summed E-state index contributed by atoms with van der Waals surface area (Å²) in [6.45, 7) is 0.0971. The highest BCUT2D eigenvalue weighted by molar-refractivity contribution is 5.55. The van der Waals surface area contributed by atoms with E-state index in [9.17, 15) is 0 Å². The van der Waals surface area contributed by atoms with Gasteiger partial charge in [0.2, 0.25) is 11.6 Å². The van der Waals surface area contributed by atoms with E-state index >= 15 is 0 Å². The molecule has 0 aliphatic heterocycles. The molecule has 0 aliphatic rings. The molecule has 1 heterocycles. The predicted octanol–water partition coefficient (Wildman–Crippen LogP) is 3.34. The Morgan fingerprint density at radius 3 is 2.16 bits per heavy atom. The lowest BCUT2D eigenvalue weighted by atomic mass is 10.2. The smallest absolute Gasteiger partial charge is 0.264 e. The van der Waals surface area contributed by atoms with Crippen LogP contribution in [0.1, 0.15) is 5.89 Å². The van der Waals surface area contributed by atoms with E-state index in [1.165, 1.54) is 0 Å². The molecule has 7 heteroatoms. The number of methoxy groups -OCH3 is 3. The van der Waals surface area contributed by atoms with Gasteiger partial charge in [-0.25, -0.2) is 0 Å². The average Bonchev–Trinajstić information content (AvgIpc) is 3.15. The van der Waals surface area contributed by atoms with Crippen LogP contribution in [-0.4, -0.2) is 31.5 Å². The van der Waals surface area contributed by atoms with Gasteiger partial charge in [0.15, 0.2) is 18.1 Å². The monoisotopic (exact) mass is 342 g/mol. The molecule has 2 aromatic carbocycles. The van der Waals surface area contributed by atoms with Gasteiger partial charge in [-0.05, 0) is 36.4 Å². The van der Waals surface area contributed by atoms with E-state index in [-0.39, 0.29) is 6.61 Å². The van der Waals surface area contributed by atoms with Crippen molar-refractivity contribution < 1.29 is 23.5 Å². The molecule has 0 aliphatic carbocycles. The summed E-state index contributed by atoms with van der Waals surface area (Å²) >= 11 is 0. The van der Waals surface area contributed by atoms with Gasteiger partial charge in [-0.15, -0.1) is 0 Å². The molecule has 0 radical (unpaired) electrons. The van der Waals surface area contributed by atoms with E-state index in [4.69, 9.17) is 23.5 Å². The van der Waals surface area contributed by atoms with Crippen molar-refractivity contribution in [2.75, 3.05) is 21.3 Å². The Morgan fingerprint density at radius 1 is 0.880 bits per heavy atom. The zero-order valence-electron chi connectivity index (χ0n) is 14.2. The summed E-state index contributed by atoms with van der Waals surface area (Å²) in [6, 6.07) is 12.8. The first-order valence-electron chi connectivity index (χ1n) is 7.56. The fourth-order valence-electron chi connectivity index (χ4n) is 2.26. The van der Waals surface area contributed by atoms with Gasteiger partial charge in [0.25, 0.3) is 5.89 Å². The molecule has 1 aromatic heterocycles. The van der Waals surface area contributed by atoms with E-state index in [1.54, 1.807) is 33.5 Å². The lowest BCUT2D eigenvalue weighted by Gasteiger charge is -2.12. The summed E-state index contributed by atoms with van der Waals surface area (Å²) in [5.41, 5.74) is 0.825. The minimum absolute atomic E-state index is 0.0971. The maximum absolute atomic E-state index is 5.76. The lowest BCUT2D eigenvalue weighted by molar-refractivity contribution is 0.223. The van der Waals surface area contributed by atoms with Gasteiger partial charge < -0.3 is 23.5 Å². The first-order valence-corrected chi connectivity index (χ1v) is 7.56. The van der Waals surface area contributed by atoms with Crippen molar-refractivity contribution >= 4 is 0 Å². The molecule has 130 valence electrons. The van der Waals surface area contributed by atoms with Crippen molar-refractivity contribution in [1.29, 1.82) is 0 Å². The van der Waals surface area contributed by atoms with Crippen LogP contribution in [0.15, 0.2) is 47.0 Å². The molecule has 7 nitrogen and oxygen atoms in total. The van der Waals surface area contributed by atoms with Gasteiger partial charge in [-0.2, -0.15) is 4.98 Å². The third kappa shape index (κ3) is 3.65. The molecule has 0 amide bonds. The minimum Gasteiger partial charge on any atom is -0.497 e. The molecule has 0 bridgehead atoms. The highest BCUT2D eigenvalue weighted by Crippen LogP contribution is 2.37. The molecule has 0 fully saturated rings. The second-order valence-electron chi connectivity index (χ2n) is 5.02. The third-order valence-corrected chi connectivity index (χ3v) is 3.54. The standard InChI is InChI=1S/C18H18N2O5/c1-21-13-9-7-12(8-10-13)18-19-16(25-20-18)11-24-17-14(22-2)5-4-6-15(17)23-3/h4-10H,11H2,1-3H3. The molecule has 0 atom stereocenters. The molecule has 3 aromatic rings. The summed E-state index contributed by atoms with van der Waals surface area (Å²) in [7, 11) is 4.75. The normalized spacial score (nSPS) is 10.4. The van der Waals surface area contributed by atoms with Crippen LogP contribution in [0, 0.1) is 0 Å². The molecule has 0 unspecified atom stereocenters. The quantitative estimate of drug-likeness (QED) is 0.652. The first kappa shape index (κ1) is 16.6. The summed E-state index contributed by atoms with van der Waals surface area (Å²) in [5, 5.41) is 3.97. The second kappa shape index (κ2) is 7.57. The van der Waals surface area contributed by atoms with Crippen molar-refractivity contribution in [3.05, 3.63) is 48.4 Å². The highest BCUT2D eigenvalue weighted by Gasteiger charge is 2.14. The Hall–Kier alpha value is -3.22. The number of rotatable bonds is 7. The third-order valence-electron chi connectivity index (χ3n) is 3.54. The number of para-hydroxylation sites is 1. The van der Waals surface area contributed by atoms with Crippen LogP contribution in [-0.2, 0) is 6.61 Å². The van der Waals surface area contributed by atoms with Crippen LogP contribution in [0.2, 0.25) is 0 Å². The number of ether oxygens (including phenoxy) is 4. The highest BCUT2D eigenvalue weighted by atomic mass is 16.5. The van der Waals surface area contributed by atoms with Crippen LogP contribution in [0.3, 0.4) is 0 Å². The number of hydrogen-bond acceptors (Lipinski definition) is 7. The van der Waals surface area contributed by atoms with Crippen molar-refractivity contribution in [3.8, 4) is 34.4 Å². The van der Waals surface area contributed by atoms with E-state index in [0.29, 0.717) is 29.0 Å². The fraction of sp³-hybridized carbons (Fsp3) is 0.222. The van der Waals surface area contributed by atoms with Crippen LogP contribution >= 0.6 is 0 Å². The zero-order chi connectivity index (χ0) is 17.6. The topological polar surface area (TPSA) is 75.8 Å². The van der Waals surface area contributed by atoms with E-state index in [2.05, 4.69) is 10.1 Å². The summed E-state index contributed by atoms with van der Waals surface area (Å²) in [5.74, 6) is 3.20. The van der Waals surface area contributed by atoms with Crippen LogP contribution < -0.4 is 18.9 Å². The van der Waals surface area contributed by atoms with E-state index in [1.807, 2.05) is 30.3 Å². The van der Waals surface area contributed by atoms with Crippen molar-refractivity contribution in [1.82, 2.24) is 10.1 Å². The van der Waals surface area contributed by atoms with Crippen molar-refractivity contribution in [2.24, 2.45) is 0 Å². The van der Waals surface area contributed by atoms with Gasteiger partial charge in [-0.3, -0.25) is 0 Å². The van der Waals surface area contributed by atoms with Gasteiger partial charge >= 0.3 is 0 Å². The van der Waals surface area contributed by atoms with Crippen LogP contribution in [0.4, 0.5) is 0 Å². The molecule has 0 spiro atoms. The van der Waals surface area contributed by atoms with Gasteiger partial charge in [0.1, 0.15) is 5.75 Å². The number of hydrogen-bond donors (Lipinski definition) is 0. The van der Waals surface area contributed by atoms with E-state index < -0.39 is 0 Å². The number of benzene rings is 2. The molecular weight excluding hydrogens is 324 g/mol. The van der Waals surface area contributed by atoms with Gasteiger partial charge in [-0.1, -0.05) is 11.2 Å². The maximum Gasteiger partial charge on any atom is 0.264 e. The number of aromatic nitrogens is 2. The Labute approximate surface area is 145 Å². The second-order valence-corrected chi connectivity index (χ2v) is 5.02. The summed E-state index contributed by atoms with van der Waals surface area (Å²) in [4.78, 5) is 4.34. The lowest BCUT2D eigenvalue weighted by Crippen LogP contribution is -2.00. The molecular formula is C18H18N2O5. The number of nitrogens with zero attached hydrogens (tertiary/aromatic N) is 2. The summed E-state index contributed by atoms with van der Waals surface area (Å²) in [6.07, 6.45) is 0. The fourth-order valence-corrected chi connectivity index (χ4v) is 2.26. The van der Waals surface area contributed by atoms with Crippen molar-refractivity contribution in [2.45, 2.75) is 6.61 Å². The zero-order valence-corrected chi connectivity index (χ0v) is 14.2. The summed E-state index contributed by atoms with van der Waals surface area (Å²) < 4.78 is 26.7. The Bertz CT molecular complexity index is 807. The average molecular weight is 342 g/mol. The predicted molar refractivity (Wildman–Crippen MR) is 90.2 cm³/mol. The van der Waals surface area contributed by atoms with Gasteiger partial charge in [0.05, 0.1) is 21.3 Å². The van der Waals surface area contributed by atoms with Crippen LogP contribution in [0.5, 0.6) is 23.0 Å². The molecule has 0 saturated carbocycles. The molecule has 3 rings (SSSR count). The molecule has 0 N–H and O–H groups in total. The van der Waals surface area contributed by atoms with Gasteiger partial charge in [0, 0.05) is 5.56 Å². The molecule has 25 heavy (non-hydrogen) atoms. The SMILES string of the molecule is COc1ccc(-c2noc(COc3c(OC)cccc3OC)n2)cc1. The maximum atomic E-state index is 5.76. The van der Waals surface area contributed by atoms with E-state index in [0.717, 1.165) is 11.3 Å². The minimum atomic E-state index is 0.0971. The van der Waals surface area contributed by atoms with Crippen molar-refractivity contribution in [3.63, 3.8) is 0 Å².